The molecule has 1 amide bonds. The zero-order chi connectivity index (χ0) is 15.1. The summed E-state index contributed by atoms with van der Waals surface area (Å²) in [7, 11) is 0. The molecule has 2 N–H and O–H groups in total. The smallest absolute Gasteiger partial charge is 0.328 e. The zero-order valence-electron chi connectivity index (χ0n) is 11.1. The van der Waals surface area contributed by atoms with Crippen molar-refractivity contribution < 1.29 is 23.5 Å². The second-order valence-corrected chi connectivity index (χ2v) is 5.51. The summed E-state index contributed by atoms with van der Waals surface area (Å²) in [6, 6.07) is 3.85. The average Bonchev–Trinajstić information content (AvgIpc) is 3.12. The highest BCUT2D eigenvalue weighted by molar-refractivity contribution is 5.89. The van der Waals surface area contributed by atoms with Crippen molar-refractivity contribution >= 4 is 11.9 Å². The molecule has 108 valence electrons. The number of carboxylic acid groups (broad SMARTS) is 1. The van der Waals surface area contributed by atoms with Crippen LogP contribution >= 0.6 is 0 Å². The lowest BCUT2D eigenvalue weighted by Crippen LogP contribution is -2.50. The number of hydrogen-bond donors (Lipinski definition) is 2. The molecule has 1 saturated carbocycles. The van der Waals surface area contributed by atoms with E-state index in [1.807, 2.05) is 0 Å². The molecule has 0 radical (unpaired) electrons. The van der Waals surface area contributed by atoms with Gasteiger partial charge < -0.3 is 10.4 Å². The van der Waals surface area contributed by atoms with Crippen molar-refractivity contribution in [2.24, 2.45) is 5.92 Å². The number of halogens is 2. The predicted octanol–water partition coefficient (Wildman–Crippen LogP) is 2.05. The normalized spacial score (nSPS) is 21.4. The van der Waals surface area contributed by atoms with Crippen LogP contribution in [0.4, 0.5) is 8.78 Å². The minimum absolute atomic E-state index is 0.165. The molecule has 1 aliphatic carbocycles. The Morgan fingerprint density at radius 1 is 1.35 bits per heavy atom. The van der Waals surface area contributed by atoms with Crippen LogP contribution in [0.3, 0.4) is 0 Å². The van der Waals surface area contributed by atoms with Crippen molar-refractivity contribution in [2.75, 3.05) is 0 Å². The van der Waals surface area contributed by atoms with Crippen molar-refractivity contribution in [2.45, 2.75) is 31.7 Å². The van der Waals surface area contributed by atoms with Crippen molar-refractivity contribution in [3.05, 3.63) is 35.4 Å². The second-order valence-electron chi connectivity index (χ2n) is 5.51. The lowest BCUT2D eigenvalue weighted by Gasteiger charge is -2.21. The molecule has 0 unspecified atom stereocenters. The fourth-order valence-electron chi connectivity index (χ4n) is 2.09. The second kappa shape index (κ2) is 4.85. The Bertz CT molecular complexity index is 572. The van der Waals surface area contributed by atoms with E-state index in [9.17, 15) is 18.4 Å². The minimum Gasteiger partial charge on any atom is -0.480 e. The van der Waals surface area contributed by atoms with Crippen LogP contribution in [0.5, 0.6) is 0 Å². The van der Waals surface area contributed by atoms with E-state index < -0.39 is 40.9 Å². The van der Waals surface area contributed by atoms with Crippen LogP contribution in [-0.2, 0) is 9.59 Å². The molecule has 0 aliphatic heterocycles. The summed E-state index contributed by atoms with van der Waals surface area (Å²) in [5.41, 5.74) is -1.22. The molecule has 1 fully saturated rings. The summed E-state index contributed by atoms with van der Waals surface area (Å²) >= 11 is 0. The quantitative estimate of drug-likeness (QED) is 0.888. The molecule has 0 bridgehead atoms. The molecule has 0 spiro atoms. The van der Waals surface area contributed by atoms with Gasteiger partial charge in [-0.3, -0.25) is 4.79 Å². The average molecular weight is 283 g/mol. The van der Waals surface area contributed by atoms with E-state index in [1.165, 1.54) is 26.0 Å². The van der Waals surface area contributed by atoms with E-state index >= 15 is 0 Å². The van der Waals surface area contributed by atoms with Crippen molar-refractivity contribution in [3.63, 3.8) is 0 Å². The minimum atomic E-state index is -1.38. The van der Waals surface area contributed by atoms with Gasteiger partial charge in [-0.05, 0) is 37.8 Å². The summed E-state index contributed by atoms with van der Waals surface area (Å²) in [6.07, 6.45) is 0.391. The number of hydrogen-bond acceptors (Lipinski definition) is 2. The highest BCUT2D eigenvalue weighted by Crippen LogP contribution is 2.48. The number of nitrogens with one attached hydrogen (secondary N) is 1. The van der Waals surface area contributed by atoms with Gasteiger partial charge in [-0.25, -0.2) is 13.6 Å². The molecular weight excluding hydrogens is 268 g/mol. The van der Waals surface area contributed by atoms with Crippen molar-refractivity contribution in [3.8, 4) is 0 Å². The third kappa shape index (κ3) is 2.64. The fourth-order valence-corrected chi connectivity index (χ4v) is 2.09. The molecule has 2 atom stereocenters. The van der Waals surface area contributed by atoms with Gasteiger partial charge in [0.05, 0.1) is 0 Å². The number of aliphatic carboxylic acids is 1. The van der Waals surface area contributed by atoms with E-state index in [4.69, 9.17) is 5.11 Å². The van der Waals surface area contributed by atoms with Gasteiger partial charge in [-0.1, -0.05) is 12.1 Å². The van der Waals surface area contributed by atoms with Crippen molar-refractivity contribution in [1.82, 2.24) is 5.32 Å². The first-order chi connectivity index (χ1) is 9.24. The Kier molecular flexibility index (Phi) is 3.50. The molecule has 1 aromatic rings. The third-order valence-corrected chi connectivity index (χ3v) is 3.48. The summed E-state index contributed by atoms with van der Waals surface area (Å²) in [5, 5.41) is 11.3. The van der Waals surface area contributed by atoms with Crippen LogP contribution in [0.2, 0.25) is 0 Å². The Labute approximate surface area is 114 Å². The number of rotatable bonds is 4. The Hall–Kier alpha value is -1.98. The SMILES string of the molecule is CC(C)(NC(=O)[C@@H]1C[C@@H]1c1cccc(F)c1F)C(=O)O. The number of amides is 1. The van der Waals surface area contributed by atoms with Gasteiger partial charge in [-0.15, -0.1) is 0 Å². The van der Waals surface area contributed by atoms with Crippen LogP contribution < -0.4 is 5.32 Å². The van der Waals surface area contributed by atoms with E-state index in [1.54, 1.807) is 0 Å². The van der Waals surface area contributed by atoms with Gasteiger partial charge in [0.2, 0.25) is 5.91 Å². The molecule has 0 heterocycles. The molecule has 2 rings (SSSR count). The molecular formula is C14H15F2NO3. The van der Waals surface area contributed by atoms with Crippen LogP contribution in [0.25, 0.3) is 0 Å². The molecule has 0 saturated heterocycles. The maximum atomic E-state index is 13.6. The maximum absolute atomic E-state index is 13.6. The molecule has 1 aromatic carbocycles. The molecule has 4 nitrogen and oxygen atoms in total. The lowest BCUT2D eigenvalue weighted by molar-refractivity contribution is -0.146. The first-order valence-electron chi connectivity index (χ1n) is 6.23. The fraction of sp³-hybridized carbons (Fsp3) is 0.429. The zero-order valence-corrected chi connectivity index (χ0v) is 11.1. The molecule has 1 aliphatic rings. The number of carboxylic acids is 1. The monoisotopic (exact) mass is 283 g/mol. The number of benzene rings is 1. The van der Waals surface area contributed by atoms with Gasteiger partial charge in [0, 0.05) is 5.92 Å². The predicted molar refractivity (Wildman–Crippen MR) is 67.1 cm³/mol. The molecule has 20 heavy (non-hydrogen) atoms. The van der Waals surface area contributed by atoms with Gasteiger partial charge in [0.25, 0.3) is 0 Å². The van der Waals surface area contributed by atoms with E-state index in [-0.39, 0.29) is 5.56 Å². The van der Waals surface area contributed by atoms with Crippen LogP contribution in [-0.4, -0.2) is 22.5 Å². The molecule has 6 heteroatoms. The van der Waals surface area contributed by atoms with Crippen LogP contribution in [0, 0.1) is 17.6 Å². The summed E-state index contributed by atoms with van der Waals surface area (Å²) in [6.45, 7) is 2.74. The van der Waals surface area contributed by atoms with Gasteiger partial charge in [0.15, 0.2) is 11.6 Å². The van der Waals surface area contributed by atoms with E-state index in [0.29, 0.717) is 6.42 Å². The van der Waals surface area contributed by atoms with Crippen molar-refractivity contribution in [1.29, 1.82) is 0 Å². The van der Waals surface area contributed by atoms with Gasteiger partial charge >= 0.3 is 5.97 Å². The van der Waals surface area contributed by atoms with Crippen LogP contribution in [0.15, 0.2) is 18.2 Å². The first-order valence-corrected chi connectivity index (χ1v) is 6.23. The highest BCUT2D eigenvalue weighted by atomic mass is 19.2. The van der Waals surface area contributed by atoms with E-state index in [2.05, 4.69) is 5.32 Å². The maximum Gasteiger partial charge on any atom is 0.328 e. The topological polar surface area (TPSA) is 66.4 Å². The van der Waals surface area contributed by atoms with Gasteiger partial charge in [0.1, 0.15) is 5.54 Å². The summed E-state index contributed by atoms with van der Waals surface area (Å²) in [4.78, 5) is 22.8. The highest BCUT2D eigenvalue weighted by Gasteiger charge is 2.47. The summed E-state index contributed by atoms with van der Waals surface area (Å²) < 4.78 is 26.7. The number of carbonyl (C=O) groups is 2. The summed E-state index contributed by atoms with van der Waals surface area (Å²) in [5.74, 6) is -4.39. The van der Waals surface area contributed by atoms with Crippen LogP contribution in [0.1, 0.15) is 31.7 Å². The standard InChI is InChI=1S/C14H15F2NO3/c1-14(2,13(19)20)17-12(18)9-6-8(9)7-4-3-5-10(15)11(7)16/h3-5,8-9H,6H2,1-2H3,(H,17,18)(H,19,20)/t8-,9-/m1/s1. The number of carbonyl (C=O) groups excluding carboxylic acids is 1. The van der Waals surface area contributed by atoms with Gasteiger partial charge in [-0.2, -0.15) is 0 Å². The Balaban J connectivity index is 2.07. The lowest BCUT2D eigenvalue weighted by atomic mass is 10.0. The third-order valence-electron chi connectivity index (χ3n) is 3.48. The Morgan fingerprint density at radius 2 is 2.00 bits per heavy atom. The molecule has 0 aromatic heterocycles. The largest absolute Gasteiger partial charge is 0.480 e. The van der Waals surface area contributed by atoms with E-state index in [0.717, 1.165) is 6.07 Å². The first kappa shape index (κ1) is 14.4. The Morgan fingerprint density at radius 3 is 2.60 bits per heavy atom.